The third kappa shape index (κ3) is 5.07. The summed E-state index contributed by atoms with van der Waals surface area (Å²) in [5.41, 5.74) is 5.91. The van der Waals surface area contributed by atoms with Gasteiger partial charge in [0, 0.05) is 31.7 Å². The lowest BCUT2D eigenvalue weighted by atomic mass is 10.1. The largest absolute Gasteiger partial charge is 0.492 e. The molecule has 0 saturated carbocycles. The quantitative estimate of drug-likeness (QED) is 0.344. The van der Waals surface area contributed by atoms with Crippen LogP contribution < -0.4 is 9.64 Å². The van der Waals surface area contributed by atoms with Gasteiger partial charge < -0.3 is 14.5 Å². The van der Waals surface area contributed by atoms with Gasteiger partial charge in [0.2, 0.25) is 0 Å². The number of rotatable bonds is 6. The molecule has 7 heteroatoms. The van der Waals surface area contributed by atoms with Crippen LogP contribution in [-0.4, -0.2) is 53.4 Å². The molecule has 0 spiro atoms. The van der Waals surface area contributed by atoms with E-state index in [-0.39, 0.29) is 11.7 Å². The number of benzene rings is 3. The summed E-state index contributed by atoms with van der Waals surface area (Å²) in [6.07, 6.45) is 0. The van der Waals surface area contributed by atoms with E-state index in [0.29, 0.717) is 44.2 Å². The SMILES string of the molecule is CCOc1ccccc1N1CCN(C(=O)c2cc(-c3ccc(F)cc3)nn2-c2cc(C)ccc2C)CC1. The highest BCUT2D eigenvalue weighted by molar-refractivity contribution is 5.94. The molecule has 0 atom stereocenters. The van der Waals surface area contributed by atoms with E-state index in [4.69, 9.17) is 9.84 Å². The third-order valence-corrected chi connectivity index (χ3v) is 6.73. The Morgan fingerprint density at radius 2 is 1.65 bits per heavy atom. The molecule has 0 aliphatic carbocycles. The lowest BCUT2D eigenvalue weighted by Crippen LogP contribution is -2.49. The lowest BCUT2D eigenvalue weighted by molar-refractivity contribution is 0.0737. The summed E-state index contributed by atoms with van der Waals surface area (Å²) in [6, 6.07) is 22.2. The van der Waals surface area contributed by atoms with Crippen molar-refractivity contribution in [2.45, 2.75) is 20.8 Å². The molecule has 1 aliphatic heterocycles. The zero-order valence-corrected chi connectivity index (χ0v) is 21.4. The topological polar surface area (TPSA) is 50.6 Å². The maximum Gasteiger partial charge on any atom is 0.272 e. The average molecular weight is 499 g/mol. The van der Waals surface area contributed by atoms with Gasteiger partial charge in [0.25, 0.3) is 5.91 Å². The number of carbonyl (C=O) groups excluding carboxylic acids is 1. The van der Waals surface area contributed by atoms with Gasteiger partial charge in [-0.25, -0.2) is 9.07 Å². The number of ether oxygens (including phenoxy) is 1. The summed E-state index contributed by atoms with van der Waals surface area (Å²) in [7, 11) is 0. The van der Waals surface area contributed by atoms with Crippen molar-refractivity contribution in [3.63, 3.8) is 0 Å². The molecule has 5 rings (SSSR count). The Labute approximate surface area is 216 Å². The molecule has 1 fully saturated rings. The summed E-state index contributed by atoms with van der Waals surface area (Å²) in [6.45, 7) is 9.20. The van der Waals surface area contributed by atoms with Crippen molar-refractivity contribution in [1.82, 2.24) is 14.7 Å². The van der Waals surface area contributed by atoms with Gasteiger partial charge in [-0.05, 0) is 80.4 Å². The van der Waals surface area contributed by atoms with Crippen LogP contribution >= 0.6 is 0 Å². The van der Waals surface area contributed by atoms with Gasteiger partial charge in [-0.2, -0.15) is 5.10 Å². The van der Waals surface area contributed by atoms with E-state index in [0.717, 1.165) is 33.8 Å². The fourth-order valence-electron chi connectivity index (χ4n) is 4.73. The number of anilines is 1. The predicted octanol–water partition coefficient (Wildman–Crippen LogP) is 5.66. The van der Waals surface area contributed by atoms with E-state index in [1.165, 1.54) is 12.1 Å². The maximum absolute atomic E-state index is 13.9. The van der Waals surface area contributed by atoms with Crippen LogP contribution in [0, 0.1) is 19.7 Å². The number of aromatic nitrogens is 2. The number of halogens is 1. The standard InChI is InChI=1S/C30H31FN4O2/c1-4-37-29-8-6-5-7-26(29)33-15-17-34(18-16-33)30(36)28-20-25(23-11-13-24(31)14-12-23)32-35(28)27-19-21(2)9-10-22(27)3/h5-14,19-20H,4,15-18H2,1-3H3. The average Bonchev–Trinajstić information content (AvgIpc) is 3.36. The Bertz CT molecular complexity index is 1410. The number of aryl methyl sites for hydroxylation is 2. The molecule has 3 aromatic carbocycles. The Kier molecular flexibility index (Phi) is 6.95. The summed E-state index contributed by atoms with van der Waals surface area (Å²) in [5, 5.41) is 4.81. The van der Waals surface area contributed by atoms with Crippen LogP contribution in [0.1, 0.15) is 28.5 Å². The van der Waals surface area contributed by atoms with Gasteiger partial charge in [-0.15, -0.1) is 0 Å². The van der Waals surface area contributed by atoms with Crippen LogP contribution in [0.5, 0.6) is 5.75 Å². The van der Waals surface area contributed by atoms with E-state index >= 15 is 0 Å². The van der Waals surface area contributed by atoms with Crippen LogP contribution in [0.3, 0.4) is 0 Å². The van der Waals surface area contributed by atoms with E-state index < -0.39 is 0 Å². The Morgan fingerprint density at radius 3 is 2.38 bits per heavy atom. The molecule has 190 valence electrons. The molecular formula is C30H31FN4O2. The van der Waals surface area contributed by atoms with Crippen LogP contribution in [0.15, 0.2) is 72.8 Å². The molecule has 0 N–H and O–H groups in total. The number of para-hydroxylation sites is 2. The van der Waals surface area contributed by atoms with Crippen molar-refractivity contribution >= 4 is 11.6 Å². The molecule has 1 amide bonds. The molecule has 2 heterocycles. The number of piperazine rings is 1. The smallest absolute Gasteiger partial charge is 0.272 e. The fraction of sp³-hybridized carbons (Fsp3) is 0.267. The monoisotopic (exact) mass is 498 g/mol. The Balaban J connectivity index is 1.44. The summed E-state index contributed by atoms with van der Waals surface area (Å²) < 4.78 is 21.1. The van der Waals surface area contributed by atoms with Crippen molar-refractivity contribution in [3.05, 3.63) is 95.4 Å². The van der Waals surface area contributed by atoms with E-state index in [1.807, 2.05) is 68.1 Å². The first-order chi connectivity index (χ1) is 17.9. The highest BCUT2D eigenvalue weighted by Gasteiger charge is 2.27. The minimum Gasteiger partial charge on any atom is -0.492 e. The number of nitrogens with zero attached hydrogens (tertiary/aromatic N) is 4. The van der Waals surface area contributed by atoms with Crippen molar-refractivity contribution in [2.24, 2.45) is 0 Å². The fourth-order valence-corrected chi connectivity index (χ4v) is 4.73. The van der Waals surface area contributed by atoms with Crippen molar-refractivity contribution in [3.8, 4) is 22.7 Å². The molecule has 37 heavy (non-hydrogen) atoms. The molecule has 0 radical (unpaired) electrons. The predicted molar refractivity (Wildman–Crippen MR) is 144 cm³/mol. The molecule has 0 unspecified atom stereocenters. The molecule has 1 saturated heterocycles. The zero-order chi connectivity index (χ0) is 25.9. The van der Waals surface area contributed by atoms with Gasteiger partial charge in [-0.3, -0.25) is 4.79 Å². The lowest BCUT2D eigenvalue weighted by Gasteiger charge is -2.36. The second-order valence-corrected chi connectivity index (χ2v) is 9.30. The van der Waals surface area contributed by atoms with Crippen molar-refractivity contribution in [1.29, 1.82) is 0 Å². The summed E-state index contributed by atoms with van der Waals surface area (Å²) in [4.78, 5) is 18.0. The first kappa shape index (κ1) is 24.6. The molecule has 1 aliphatic rings. The van der Waals surface area contributed by atoms with Crippen LogP contribution in [0.4, 0.5) is 10.1 Å². The van der Waals surface area contributed by atoms with E-state index in [2.05, 4.69) is 11.0 Å². The maximum atomic E-state index is 13.9. The Morgan fingerprint density at radius 1 is 0.919 bits per heavy atom. The van der Waals surface area contributed by atoms with Gasteiger partial charge in [0.1, 0.15) is 17.3 Å². The number of carbonyl (C=O) groups is 1. The zero-order valence-electron chi connectivity index (χ0n) is 21.4. The van der Waals surface area contributed by atoms with Crippen LogP contribution in [0.25, 0.3) is 16.9 Å². The summed E-state index contributed by atoms with van der Waals surface area (Å²) in [5.74, 6) is 0.485. The minimum atomic E-state index is -0.308. The molecular weight excluding hydrogens is 467 g/mol. The van der Waals surface area contributed by atoms with E-state index in [1.54, 1.807) is 16.8 Å². The van der Waals surface area contributed by atoms with Gasteiger partial charge in [-0.1, -0.05) is 24.3 Å². The normalized spacial score (nSPS) is 13.6. The highest BCUT2D eigenvalue weighted by atomic mass is 19.1. The number of amides is 1. The third-order valence-electron chi connectivity index (χ3n) is 6.73. The minimum absolute atomic E-state index is 0.0699. The highest BCUT2D eigenvalue weighted by Crippen LogP contribution is 2.30. The van der Waals surface area contributed by atoms with Crippen LogP contribution in [0.2, 0.25) is 0 Å². The second kappa shape index (κ2) is 10.5. The first-order valence-electron chi connectivity index (χ1n) is 12.6. The van der Waals surface area contributed by atoms with Gasteiger partial charge in [0.15, 0.2) is 0 Å². The van der Waals surface area contributed by atoms with Gasteiger partial charge >= 0.3 is 0 Å². The molecule has 1 aromatic heterocycles. The molecule has 4 aromatic rings. The van der Waals surface area contributed by atoms with Crippen molar-refractivity contribution in [2.75, 3.05) is 37.7 Å². The van der Waals surface area contributed by atoms with Crippen molar-refractivity contribution < 1.29 is 13.9 Å². The summed E-state index contributed by atoms with van der Waals surface area (Å²) >= 11 is 0. The first-order valence-corrected chi connectivity index (χ1v) is 12.6. The molecule has 0 bridgehead atoms. The Hall–Kier alpha value is -4.13. The number of hydrogen-bond acceptors (Lipinski definition) is 4. The van der Waals surface area contributed by atoms with Crippen LogP contribution in [-0.2, 0) is 0 Å². The van der Waals surface area contributed by atoms with E-state index in [9.17, 15) is 9.18 Å². The number of hydrogen-bond donors (Lipinski definition) is 0. The van der Waals surface area contributed by atoms with Gasteiger partial charge in [0.05, 0.1) is 23.7 Å². The second-order valence-electron chi connectivity index (χ2n) is 9.30. The molecule has 6 nitrogen and oxygen atoms in total.